The van der Waals surface area contributed by atoms with Crippen molar-refractivity contribution in [1.82, 2.24) is 15.0 Å². The summed E-state index contributed by atoms with van der Waals surface area (Å²) in [6, 6.07) is 3.02. The van der Waals surface area contributed by atoms with Crippen molar-refractivity contribution in [2.24, 2.45) is 0 Å². The molecular formula is C11H9F3N4OS. The van der Waals surface area contributed by atoms with E-state index in [1.165, 1.54) is 19.3 Å². The van der Waals surface area contributed by atoms with Gasteiger partial charge in [-0.1, -0.05) is 0 Å². The van der Waals surface area contributed by atoms with Gasteiger partial charge in [-0.3, -0.25) is 4.79 Å². The second-order valence-corrected chi connectivity index (χ2v) is 4.68. The van der Waals surface area contributed by atoms with Crippen molar-refractivity contribution in [2.45, 2.75) is 16.4 Å². The van der Waals surface area contributed by atoms with E-state index in [4.69, 9.17) is 0 Å². The van der Waals surface area contributed by atoms with Crippen LogP contribution in [0, 0.1) is 0 Å². The van der Waals surface area contributed by atoms with Gasteiger partial charge in [0.2, 0.25) is 0 Å². The molecule has 0 bridgehead atoms. The molecule has 2 rings (SSSR count). The third-order valence-electron chi connectivity index (χ3n) is 2.23. The van der Waals surface area contributed by atoms with Crippen LogP contribution < -0.4 is 10.9 Å². The minimum Gasteiger partial charge on any atom is -0.373 e. The molecule has 2 aromatic heterocycles. The predicted molar refractivity (Wildman–Crippen MR) is 67.8 cm³/mol. The number of nitrogens with zero attached hydrogens (tertiary/aromatic N) is 2. The largest absolute Gasteiger partial charge is 0.416 e. The molecular weight excluding hydrogens is 293 g/mol. The van der Waals surface area contributed by atoms with Gasteiger partial charge in [-0.05, 0) is 23.9 Å². The van der Waals surface area contributed by atoms with Gasteiger partial charge in [0.15, 0.2) is 5.16 Å². The predicted octanol–water partition coefficient (Wildman–Crippen LogP) is 2.38. The lowest BCUT2D eigenvalue weighted by molar-refractivity contribution is -0.137. The van der Waals surface area contributed by atoms with Gasteiger partial charge in [0, 0.05) is 19.3 Å². The van der Waals surface area contributed by atoms with Crippen LogP contribution in [-0.4, -0.2) is 22.0 Å². The maximum atomic E-state index is 12.7. The van der Waals surface area contributed by atoms with Crippen molar-refractivity contribution in [1.29, 1.82) is 0 Å². The molecule has 0 unspecified atom stereocenters. The highest BCUT2D eigenvalue weighted by Crippen LogP contribution is 2.34. The fourth-order valence-electron chi connectivity index (χ4n) is 1.35. The first-order valence-corrected chi connectivity index (χ1v) is 6.20. The van der Waals surface area contributed by atoms with Gasteiger partial charge in [0.1, 0.15) is 10.8 Å². The zero-order chi connectivity index (χ0) is 14.8. The summed E-state index contributed by atoms with van der Waals surface area (Å²) < 4.78 is 38.2. The van der Waals surface area contributed by atoms with Gasteiger partial charge < -0.3 is 10.3 Å². The smallest absolute Gasteiger partial charge is 0.373 e. The Morgan fingerprint density at radius 1 is 1.35 bits per heavy atom. The molecule has 106 valence electrons. The summed E-state index contributed by atoms with van der Waals surface area (Å²) in [5.74, 6) is 0.0839. The number of pyridine rings is 1. The molecule has 2 heterocycles. The van der Waals surface area contributed by atoms with Crippen LogP contribution in [0.5, 0.6) is 0 Å². The van der Waals surface area contributed by atoms with Crippen molar-refractivity contribution in [3.63, 3.8) is 0 Å². The van der Waals surface area contributed by atoms with Crippen LogP contribution in [0.1, 0.15) is 5.56 Å². The minimum absolute atomic E-state index is 0.0820. The van der Waals surface area contributed by atoms with Crippen LogP contribution in [-0.2, 0) is 6.18 Å². The molecule has 0 saturated heterocycles. The van der Waals surface area contributed by atoms with Gasteiger partial charge in [-0.2, -0.15) is 13.2 Å². The zero-order valence-corrected chi connectivity index (χ0v) is 11.0. The Bertz CT molecular complexity index is 671. The summed E-state index contributed by atoms with van der Waals surface area (Å²) in [7, 11) is 1.47. The van der Waals surface area contributed by atoms with Crippen molar-refractivity contribution < 1.29 is 13.2 Å². The highest BCUT2D eigenvalue weighted by molar-refractivity contribution is 7.99. The molecule has 0 radical (unpaired) electrons. The first kappa shape index (κ1) is 14.4. The average Bonchev–Trinajstić information content (AvgIpc) is 2.37. The standard InChI is InChI=1S/C11H9F3N4OS/c1-15-7-4-6(11(12,13)14)5-9(17-7)20-10-16-3-2-8(19)18-10/h2-5H,1H3,(H,15,17)(H,16,18,19). The van der Waals surface area contributed by atoms with E-state index in [0.717, 1.165) is 23.9 Å². The lowest BCUT2D eigenvalue weighted by atomic mass is 10.2. The summed E-state index contributed by atoms with van der Waals surface area (Å²) >= 11 is 0.844. The van der Waals surface area contributed by atoms with Crippen LogP contribution in [0.25, 0.3) is 0 Å². The SMILES string of the molecule is CNc1cc(C(F)(F)F)cc(Sc2nccc(=O)[nH]2)n1. The molecule has 0 aromatic carbocycles. The molecule has 0 saturated carbocycles. The van der Waals surface area contributed by atoms with Crippen LogP contribution >= 0.6 is 11.8 Å². The van der Waals surface area contributed by atoms with Gasteiger partial charge >= 0.3 is 6.18 Å². The summed E-state index contributed by atoms with van der Waals surface area (Å²) in [4.78, 5) is 21.3. The van der Waals surface area contributed by atoms with Crippen molar-refractivity contribution in [3.05, 3.63) is 40.3 Å². The quantitative estimate of drug-likeness (QED) is 0.852. The third kappa shape index (κ3) is 3.50. The van der Waals surface area contributed by atoms with Gasteiger partial charge in [0.05, 0.1) is 5.56 Å². The van der Waals surface area contributed by atoms with E-state index < -0.39 is 11.7 Å². The van der Waals surface area contributed by atoms with Crippen molar-refractivity contribution in [2.75, 3.05) is 12.4 Å². The number of hydrogen-bond donors (Lipinski definition) is 2. The number of rotatable bonds is 3. The topological polar surface area (TPSA) is 70.7 Å². The number of alkyl halides is 3. The van der Waals surface area contributed by atoms with Gasteiger partial charge in [-0.25, -0.2) is 9.97 Å². The Morgan fingerprint density at radius 2 is 2.10 bits per heavy atom. The molecule has 5 nitrogen and oxygen atoms in total. The molecule has 0 aliphatic rings. The highest BCUT2D eigenvalue weighted by Gasteiger charge is 2.31. The van der Waals surface area contributed by atoms with Crippen molar-refractivity contribution in [3.8, 4) is 0 Å². The summed E-state index contributed by atoms with van der Waals surface area (Å²) in [5, 5.41) is 2.81. The fraction of sp³-hybridized carbons (Fsp3) is 0.182. The maximum absolute atomic E-state index is 12.7. The van der Waals surface area contributed by atoms with E-state index in [0.29, 0.717) is 0 Å². The summed E-state index contributed by atoms with van der Waals surface area (Å²) in [6.45, 7) is 0. The summed E-state index contributed by atoms with van der Waals surface area (Å²) in [5.41, 5.74) is -1.21. The third-order valence-corrected chi connectivity index (χ3v) is 3.05. The van der Waals surface area contributed by atoms with Crippen LogP contribution in [0.3, 0.4) is 0 Å². The Kier molecular flexibility index (Phi) is 3.98. The first-order valence-electron chi connectivity index (χ1n) is 5.39. The number of H-pyrrole nitrogens is 1. The Balaban J connectivity index is 2.38. The molecule has 0 spiro atoms. The monoisotopic (exact) mass is 302 g/mol. The number of hydrogen-bond acceptors (Lipinski definition) is 5. The molecule has 0 amide bonds. The molecule has 0 aliphatic heterocycles. The molecule has 0 aliphatic carbocycles. The van der Waals surface area contributed by atoms with Gasteiger partial charge in [-0.15, -0.1) is 0 Å². The average molecular weight is 302 g/mol. The van der Waals surface area contributed by atoms with Gasteiger partial charge in [0.25, 0.3) is 5.56 Å². The number of aromatic nitrogens is 3. The second kappa shape index (κ2) is 5.53. The molecule has 2 N–H and O–H groups in total. The molecule has 20 heavy (non-hydrogen) atoms. The Labute approximate surface area is 115 Å². The summed E-state index contributed by atoms with van der Waals surface area (Å²) in [6.07, 6.45) is -3.20. The second-order valence-electron chi connectivity index (χ2n) is 3.67. The molecule has 0 atom stereocenters. The van der Waals surface area contributed by atoms with E-state index in [-0.39, 0.29) is 21.6 Å². The van der Waals surface area contributed by atoms with Crippen LogP contribution in [0.2, 0.25) is 0 Å². The number of halogens is 3. The number of anilines is 1. The number of aromatic amines is 1. The lowest BCUT2D eigenvalue weighted by Crippen LogP contribution is -2.08. The normalized spacial score (nSPS) is 11.4. The first-order chi connectivity index (χ1) is 9.38. The molecule has 0 fully saturated rings. The minimum atomic E-state index is -4.47. The van der Waals surface area contributed by atoms with Crippen molar-refractivity contribution >= 4 is 17.6 Å². The Morgan fingerprint density at radius 3 is 2.70 bits per heavy atom. The number of nitrogens with one attached hydrogen (secondary N) is 2. The zero-order valence-electron chi connectivity index (χ0n) is 10.2. The molecule has 9 heteroatoms. The van der Waals surface area contributed by atoms with E-state index in [2.05, 4.69) is 20.3 Å². The van der Waals surface area contributed by atoms with Crippen LogP contribution in [0.4, 0.5) is 19.0 Å². The van der Waals surface area contributed by atoms with E-state index in [9.17, 15) is 18.0 Å². The lowest BCUT2D eigenvalue weighted by Gasteiger charge is -2.10. The Hall–Kier alpha value is -2.03. The highest BCUT2D eigenvalue weighted by atomic mass is 32.2. The molecule has 2 aromatic rings. The van der Waals surface area contributed by atoms with E-state index in [1.807, 2.05) is 0 Å². The maximum Gasteiger partial charge on any atom is 0.416 e. The fourth-order valence-corrected chi connectivity index (χ4v) is 2.15. The van der Waals surface area contributed by atoms with E-state index in [1.54, 1.807) is 0 Å². The van der Waals surface area contributed by atoms with Crippen LogP contribution in [0.15, 0.2) is 39.4 Å². The van der Waals surface area contributed by atoms with E-state index >= 15 is 0 Å².